The summed E-state index contributed by atoms with van der Waals surface area (Å²) in [4.78, 5) is 23.4. The van der Waals surface area contributed by atoms with Crippen molar-refractivity contribution in [3.8, 4) is 0 Å². The average molecular weight is 318 g/mol. The molecule has 0 atom stereocenters. The molecule has 6 nitrogen and oxygen atoms in total. The highest BCUT2D eigenvalue weighted by Crippen LogP contribution is 2.25. The Morgan fingerprint density at radius 3 is 2.39 bits per heavy atom. The van der Waals surface area contributed by atoms with Crippen molar-refractivity contribution < 1.29 is 9.90 Å². The fourth-order valence-corrected chi connectivity index (χ4v) is 3.34. The molecule has 3 heterocycles. The van der Waals surface area contributed by atoms with Gasteiger partial charge in [-0.25, -0.2) is 4.98 Å². The first-order valence-corrected chi connectivity index (χ1v) is 8.37. The fraction of sp³-hybridized carbons (Fsp3) is 0.647. The first-order valence-electron chi connectivity index (χ1n) is 8.37. The molecule has 2 saturated heterocycles. The van der Waals surface area contributed by atoms with E-state index in [0.717, 1.165) is 37.7 Å². The Kier molecular flexibility index (Phi) is 4.55. The van der Waals surface area contributed by atoms with Gasteiger partial charge in [0.2, 0.25) is 0 Å². The van der Waals surface area contributed by atoms with Gasteiger partial charge in [0.25, 0.3) is 5.91 Å². The van der Waals surface area contributed by atoms with E-state index >= 15 is 0 Å². The maximum Gasteiger partial charge on any atom is 0.254 e. The van der Waals surface area contributed by atoms with E-state index in [9.17, 15) is 9.90 Å². The minimum Gasteiger partial charge on any atom is -0.380 e. The Hall–Kier alpha value is -1.66. The molecule has 23 heavy (non-hydrogen) atoms. The first kappa shape index (κ1) is 16.2. The number of nitrogens with zero attached hydrogens (tertiary/aromatic N) is 4. The molecule has 0 unspecified atom stereocenters. The highest BCUT2D eigenvalue weighted by molar-refractivity contribution is 5.85. The molecule has 0 spiro atoms. The van der Waals surface area contributed by atoms with E-state index in [-0.39, 0.29) is 5.91 Å². The second-order valence-electron chi connectivity index (χ2n) is 6.75. The molecule has 1 N–H and O–H groups in total. The van der Waals surface area contributed by atoms with Crippen LogP contribution in [0.15, 0.2) is 18.2 Å². The quantitative estimate of drug-likeness (QED) is 0.860. The average Bonchev–Trinajstić information content (AvgIpc) is 2.57. The minimum absolute atomic E-state index is 0.0950. The maximum atomic E-state index is 12.7. The third kappa shape index (κ3) is 3.48. The molecule has 1 amide bonds. The molecular weight excluding hydrogens is 292 g/mol. The van der Waals surface area contributed by atoms with E-state index < -0.39 is 5.60 Å². The summed E-state index contributed by atoms with van der Waals surface area (Å²) in [7, 11) is 2.03. The van der Waals surface area contributed by atoms with Gasteiger partial charge in [-0.1, -0.05) is 6.07 Å². The Morgan fingerprint density at radius 2 is 1.78 bits per heavy atom. The summed E-state index contributed by atoms with van der Waals surface area (Å²) in [6, 6.07) is 6.00. The van der Waals surface area contributed by atoms with Gasteiger partial charge in [-0.3, -0.25) is 4.79 Å². The van der Waals surface area contributed by atoms with Gasteiger partial charge in [-0.05, 0) is 38.9 Å². The molecule has 2 aliphatic heterocycles. The first-order chi connectivity index (χ1) is 11.0. The number of likely N-dealkylation sites (tertiary alicyclic amines) is 1. The molecule has 0 aliphatic carbocycles. The summed E-state index contributed by atoms with van der Waals surface area (Å²) in [5, 5.41) is 10.7. The molecular formula is C17H26N4O2. The van der Waals surface area contributed by atoms with Gasteiger partial charge >= 0.3 is 0 Å². The van der Waals surface area contributed by atoms with Crippen LogP contribution in [0.1, 0.15) is 18.5 Å². The monoisotopic (exact) mass is 318 g/mol. The van der Waals surface area contributed by atoms with Crippen molar-refractivity contribution in [2.75, 3.05) is 51.2 Å². The molecule has 3 rings (SSSR count). The van der Waals surface area contributed by atoms with Crippen LogP contribution >= 0.6 is 0 Å². The number of amides is 1. The number of rotatable bonds is 2. The highest BCUT2D eigenvalue weighted by Gasteiger charge is 2.41. The number of aryl methyl sites for hydroxylation is 1. The highest BCUT2D eigenvalue weighted by atomic mass is 16.3. The number of aliphatic hydroxyl groups is 1. The maximum absolute atomic E-state index is 12.7. The Bertz CT molecular complexity index is 561. The number of carbonyl (C=O) groups is 1. The lowest BCUT2D eigenvalue weighted by atomic mass is 9.90. The van der Waals surface area contributed by atoms with Crippen LogP contribution in [0.2, 0.25) is 0 Å². The molecule has 0 radical (unpaired) electrons. The van der Waals surface area contributed by atoms with E-state index in [0.29, 0.717) is 25.9 Å². The van der Waals surface area contributed by atoms with Gasteiger partial charge in [0.05, 0.1) is 0 Å². The molecule has 6 heteroatoms. The second-order valence-corrected chi connectivity index (χ2v) is 6.75. The molecule has 126 valence electrons. The van der Waals surface area contributed by atoms with Gasteiger partial charge in [-0.15, -0.1) is 0 Å². The standard InChI is InChI=1S/C17H26N4O2/c1-14-4-3-5-15(18-14)20-10-12-21(13-11-20)16(22)17(23)6-8-19(2)9-7-17/h3-5,23H,6-13H2,1-2H3. The summed E-state index contributed by atoms with van der Waals surface area (Å²) >= 11 is 0. The van der Waals surface area contributed by atoms with Crippen molar-refractivity contribution in [1.29, 1.82) is 0 Å². The van der Waals surface area contributed by atoms with Crippen LogP contribution in [0, 0.1) is 6.92 Å². The molecule has 2 aliphatic rings. The van der Waals surface area contributed by atoms with Gasteiger partial charge in [0.15, 0.2) is 0 Å². The largest absolute Gasteiger partial charge is 0.380 e. The Labute approximate surface area is 137 Å². The van der Waals surface area contributed by atoms with E-state index in [4.69, 9.17) is 0 Å². The smallest absolute Gasteiger partial charge is 0.254 e. The minimum atomic E-state index is -1.17. The summed E-state index contributed by atoms with van der Waals surface area (Å²) < 4.78 is 0. The summed E-state index contributed by atoms with van der Waals surface area (Å²) in [6.45, 7) is 6.35. The van der Waals surface area contributed by atoms with Crippen LogP contribution in [-0.2, 0) is 4.79 Å². The number of anilines is 1. The van der Waals surface area contributed by atoms with Crippen molar-refractivity contribution in [2.24, 2.45) is 0 Å². The lowest BCUT2D eigenvalue weighted by Crippen LogP contribution is -2.58. The summed E-state index contributed by atoms with van der Waals surface area (Å²) in [5.41, 5.74) is -0.169. The molecule has 1 aromatic rings. The Balaban J connectivity index is 1.59. The van der Waals surface area contributed by atoms with Crippen molar-refractivity contribution >= 4 is 11.7 Å². The number of carbonyl (C=O) groups excluding carboxylic acids is 1. The molecule has 1 aromatic heterocycles. The topological polar surface area (TPSA) is 59.9 Å². The van der Waals surface area contributed by atoms with Gasteiger partial charge < -0.3 is 19.8 Å². The van der Waals surface area contributed by atoms with Gasteiger partial charge in [-0.2, -0.15) is 0 Å². The third-order valence-corrected chi connectivity index (χ3v) is 4.98. The number of piperidine rings is 1. The zero-order valence-corrected chi connectivity index (χ0v) is 14.0. The van der Waals surface area contributed by atoms with Gasteiger partial charge in [0, 0.05) is 45.0 Å². The van der Waals surface area contributed by atoms with Gasteiger partial charge in [0.1, 0.15) is 11.4 Å². The lowest BCUT2D eigenvalue weighted by molar-refractivity contribution is -0.156. The van der Waals surface area contributed by atoms with Crippen LogP contribution in [-0.4, -0.2) is 77.7 Å². The third-order valence-electron chi connectivity index (χ3n) is 4.98. The fourth-order valence-electron chi connectivity index (χ4n) is 3.34. The summed E-state index contributed by atoms with van der Waals surface area (Å²) in [6.07, 6.45) is 1.06. The SMILES string of the molecule is Cc1cccc(N2CCN(C(=O)C3(O)CCN(C)CC3)CC2)n1. The number of aromatic nitrogens is 1. The van der Waals surface area contributed by atoms with Crippen LogP contribution in [0.5, 0.6) is 0 Å². The second kappa shape index (κ2) is 6.45. The van der Waals surface area contributed by atoms with Crippen LogP contribution in [0.4, 0.5) is 5.82 Å². The molecule has 0 bridgehead atoms. The van der Waals surface area contributed by atoms with Crippen molar-refractivity contribution in [1.82, 2.24) is 14.8 Å². The van der Waals surface area contributed by atoms with E-state index in [1.54, 1.807) is 0 Å². The van der Waals surface area contributed by atoms with Crippen LogP contribution < -0.4 is 4.90 Å². The normalized spacial score (nSPS) is 22.2. The number of pyridine rings is 1. The molecule has 0 saturated carbocycles. The van der Waals surface area contributed by atoms with E-state index in [1.165, 1.54) is 0 Å². The van der Waals surface area contributed by atoms with Crippen LogP contribution in [0.3, 0.4) is 0 Å². The zero-order chi connectivity index (χ0) is 16.4. The summed E-state index contributed by atoms with van der Waals surface area (Å²) in [5.74, 6) is 0.873. The molecule has 0 aromatic carbocycles. The van der Waals surface area contributed by atoms with Crippen molar-refractivity contribution in [3.05, 3.63) is 23.9 Å². The Morgan fingerprint density at radius 1 is 1.13 bits per heavy atom. The number of hydrogen-bond acceptors (Lipinski definition) is 5. The zero-order valence-electron chi connectivity index (χ0n) is 14.0. The lowest BCUT2D eigenvalue weighted by Gasteiger charge is -2.42. The van der Waals surface area contributed by atoms with Crippen LogP contribution in [0.25, 0.3) is 0 Å². The van der Waals surface area contributed by atoms with E-state index in [2.05, 4.69) is 14.8 Å². The predicted octanol–water partition coefficient (Wildman–Crippen LogP) is 0.495. The van der Waals surface area contributed by atoms with Crippen molar-refractivity contribution in [3.63, 3.8) is 0 Å². The number of hydrogen-bond donors (Lipinski definition) is 1. The van der Waals surface area contributed by atoms with Crippen molar-refractivity contribution in [2.45, 2.75) is 25.4 Å². The molecule has 2 fully saturated rings. The number of piperazine rings is 1. The predicted molar refractivity (Wildman–Crippen MR) is 89.4 cm³/mol. The van der Waals surface area contributed by atoms with E-state index in [1.807, 2.05) is 37.1 Å².